The minimum absolute atomic E-state index is 0.230. The zero-order chi connectivity index (χ0) is 11.0. The lowest BCUT2D eigenvalue weighted by atomic mass is 10.1. The minimum Gasteiger partial charge on any atom is -0.465 e. The van der Waals surface area contributed by atoms with Crippen LogP contribution in [-0.2, 0) is 17.8 Å². The first-order valence-electron chi connectivity index (χ1n) is 5.14. The van der Waals surface area contributed by atoms with Crippen molar-refractivity contribution < 1.29 is 9.53 Å². The highest BCUT2D eigenvalue weighted by atomic mass is 16.5. The molecule has 1 aliphatic heterocycles. The third kappa shape index (κ3) is 1.45. The van der Waals surface area contributed by atoms with Gasteiger partial charge in [0.05, 0.1) is 12.7 Å². The predicted molar refractivity (Wildman–Crippen MR) is 57.0 cm³/mol. The molecule has 0 atom stereocenters. The van der Waals surface area contributed by atoms with Crippen LogP contribution >= 0.6 is 0 Å². The highest BCUT2D eigenvalue weighted by molar-refractivity contribution is 5.92. The molecule has 1 aromatic rings. The van der Waals surface area contributed by atoms with Gasteiger partial charge in [0.25, 0.3) is 0 Å². The Morgan fingerprint density at radius 3 is 2.80 bits per heavy atom. The van der Waals surface area contributed by atoms with E-state index in [0.717, 1.165) is 36.5 Å². The summed E-state index contributed by atoms with van der Waals surface area (Å²) in [5.74, 6) is -0.230. The van der Waals surface area contributed by atoms with Crippen LogP contribution < -0.4 is 5.32 Å². The van der Waals surface area contributed by atoms with Crippen molar-refractivity contribution in [1.82, 2.24) is 9.88 Å². The molecular formula is C11H16N2O2. The molecule has 0 aliphatic carbocycles. The normalized spacial score (nSPS) is 14.9. The zero-order valence-corrected chi connectivity index (χ0v) is 9.39. The van der Waals surface area contributed by atoms with Crippen molar-refractivity contribution in [3.05, 3.63) is 22.5 Å². The van der Waals surface area contributed by atoms with E-state index in [-0.39, 0.29) is 5.97 Å². The van der Waals surface area contributed by atoms with E-state index >= 15 is 0 Å². The number of nitrogens with zero attached hydrogens (tertiary/aromatic N) is 1. The Bertz CT molecular complexity index is 378. The van der Waals surface area contributed by atoms with Gasteiger partial charge in [0, 0.05) is 31.0 Å². The number of methoxy groups -OCH3 is 1. The maximum absolute atomic E-state index is 11.6. The van der Waals surface area contributed by atoms with E-state index in [1.807, 2.05) is 13.8 Å². The Labute approximate surface area is 89.2 Å². The zero-order valence-electron chi connectivity index (χ0n) is 9.39. The highest BCUT2D eigenvalue weighted by Gasteiger charge is 2.23. The fourth-order valence-corrected chi connectivity index (χ4v) is 2.29. The number of carbonyl (C=O) groups is 1. The Balaban J connectivity index is 2.56. The molecule has 0 aromatic carbocycles. The van der Waals surface area contributed by atoms with Crippen LogP contribution in [-0.4, -0.2) is 24.2 Å². The minimum atomic E-state index is -0.230. The molecule has 0 fully saturated rings. The molecule has 0 amide bonds. The SMILES string of the molecule is COC(=O)c1c(C)c2n(c1C)CCNC2. The molecule has 2 rings (SSSR count). The lowest BCUT2D eigenvalue weighted by Crippen LogP contribution is -2.28. The molecule has 1 aromatic heterocycles. The molecule has 1 aliphatic rings. The van der Waals surface area contributed by atoms with Crippen LogP contribution in [0.4, 0.5) is 0 Å². The summed E-state index contributed by atoms with van der Waals surface area (Å²) >= 11 is 0. The maximum atomic E-state index is 11.6. The van der Waals surface area contributed by atoms with Gasteiger partial charge < -0.3 is 14.6 Å². The molecule has 15 heavy (non-hydrogen) atoms. The highest BCUT2D eigenvalue weighted by Crippen LogP contribution is 2.24. The average Bonchev–Trinajstić information content (AvgIpc) is 2.52. The molecular weight excluding hydrogens is 192 g/mol. The number of carbonyl (C=O) groups excluding carboxylic acids is 1. The smallest absolute Gasteiger partial charge is 0.339 e. The molecule has 0 spiro atoms. The molecule has 0 saturated carbocycles. The van der Waals surface area contributed by atoms with Crippen LogP contribution in [0.25, 0.3) is 0 Å². The van der Waals surface area contributed by atoms with Gasteiger partial charge >= 0.3 is 5.97 Å². The van der Waals surface area contributed by atoms with E-state index in [9.17, 15) is 4.79 Å². The topological polar surface area (TPSA) is 43.3 Å². The van der Waals surface area contributed by atoms with Gasteiger partial charge in [0.2, 0.25) is 0 Å². The first-order valence-corrected chi connectivity index (χ1v) is 5.14. The lowest BCUT2D eigenvalue weighted by molar-refractivity contribution is 0.0599. The Kier molecular flexibility index (Phi) is 2.52. The van der Waals surface area contributed by atoms with Crippen molar-refractivity contribution in [2.45, 2.75) is 26.9 Å². The summed E-state index contributed by atoms with van der Waals surface area (Å²) in [5.41, 5.74) is 4.01. The molecule has 1 N–H and O–H groups in total. The number of rotatable bonds is 1. The van der Waals surface area contributed by atoms with E-state index in [0.29, 0.717) is 0 Å². The van der Waals surface area contributed by atoms with Gasteiger partial charge in [0.1, 0.15) is 0 Å². The molecule has 0 unspecified atom stereocenters. The summed E-state index contributed by atoms with van der Waals surface area (Å²) in [6, 6.07) is 0. The van der Waals surface area contributed by atoms with Gasteiger partial charge in [-0.3, -0.25) is 0 Å². The molecule has 2 heterocycles. The van der Waals surface area contributed by atoms with Gasteiger partial charge in [-0.15, -0.1) is 0 Å². The Hall–Kier alpha value is -1.29. The average molecular weight is 208 g/mol. The second-order valence-corrected chi connectivity index (χ2v) is 3.85. The van der Waals surface area contributed by atoms with Crippen LogP contribution in [0.3, 0.4) is 0 Å². The molecule has 4 nitrogen and oxygen atoms in total. The van der Waals surface area contributed by atoms with Crippen LogP contribution in [0.15, 0.2) is 0 Å². The van der Waals surface area contributed by atoms with Crippen molar-refractivity contribution in [3.63, 3.8) is 0 Å². The summed E-state index contributed by atoms with van der Waals surface area (Å²) in [6.07, 6.45) is 0. The Morgan fingerprint density at radius 1 is 1.47 bits per heavy atom. The first kappa shape index (κ1) is 10.2. The third-order valence-electron chi connectivity index (χ3n) is 3.09. The van der Waals surface area contributed by atoms with Crippen molar-refractivity contribution in [2.24, 2.45) is 0 Å². The summed E-state index contributed by atoms with van der Waals surface area (Å²) in [5, 5.41) is 3.31. The summed E-state index contributed by atoms with van der Waals surface area (Å²) in [7, 11) is 1.43. The molecule has 82 valence electrons. The quantitative estimate of drug-likeness (QED) is 0.700. The molecule has 4 heteroatoms. The number of aromatic nitrogens is 1. The number of hydrogen-bond acceptors (Lipinski definition) is 3. The first-order chi connectivity index (χ1) is 7.16. The van der Waals surface area contributed by atoms with E-state index in [1.165, 1.54) is 12.8 Å². The number of fused-ring (bicyclic) bond motifs is 1. The summed E-state index contributed by atoms with van der Waals surface area (Å²) in [6.45, 7) is 6.69. The van der Waals surface area contributed by atoms with Crippen LogP contribution in [0, 0.1) is 13.8 Å². The van der Waals surface area contributed by atoms with Gasteiger partial charge in [-0.05, 0) is 19.4 Å². The maximum Gasteiger partial charge on any atom is 0.339 e. The van der Waals surface area contributed by atoms with Crippen molar-refractivity contribution in [1.29, 1.82) is 0 Å². The number of hydrogen-bond donors (Lipinski definition) is 1. The van der Waals surface area contributed by atoms with Crippen LogP contribution in [0.2, 0.25) is 0 Å². The van der Waals surface area contributed by atoms with Gasteiger partial charge in [-0.1, -0.05) is 0 Å². The van der Waals surface area contributed by atoms with Gasteiger partial charge in [-0.2, -0.15) is 0 Å². The lowest BCUT2D eigenvalue weighted by Gasteiger charge is -2.18. The standard InChI is InChI=1S/C11H16N2O2/c1-7-9-6-12-4-5-13(9)8(2)10(7)11(14)15-3/h12H,4-6H2,1-3H3. The predicted octanol–water partition coefficient (Wildman–Crippen LogP) is 0.995. The summed E-state index contributed by atoms with van der Waals surface area (Å²) < 4.78 is 7.01. The van der Waals surface area contributed by atoms with Crippen LogP contribution in [0.1, 0.15) is 27.3 Å². The number of esters is 1. The van der Waals surface area contributed by atoms with Gasteiger partial charge in [-0.25, -0.2) is 4.79 Å². The van der Waals surface area contributed by atoms with E-state index in [2.05, 4.69) is 9.88 Å². The molecule has 0 saturated heterocycles. The number of nitrogens with one attached hydrogen (secondary N) is 1. The molecule has 0 radical (unpaired) electrons. The number of ether oxygens (including phenoxy) is 1. The van der Waals surface area contributed by atoms with E-state index in [4.69, 9.17) is 4.74 Å². The third-order valence-corrected chi connectivity index (χ3v) is 3.09. The monoisotopic (exact) mass is 208 g/mol. The van der Waals surface area contributed by atoms with Crippen molar-refractivity contribution in [2.75, 3.05) is 13.7 Å². The van der Waals surface area contributed by atoms with Crippen molar-refractivity contribution in [3.8, 4) is 0 Å². The van der Waals surface area contributed by atoms with E-state index < -0.39 is 0 Å². The Morgan fingerprint density at radius 2 is 2.20 bits per heavy atom. The molecule has 0 bridgehead atoms. The van der Waals surface area contributed by atoms with Gasteiger partial charge in [0.15, 0.2) is 0 Å². The largest absolute Gasteiger partial charge is 0.465 e. The van der Waals surface area contributed by atoms with Crippen LogP contribution in [0.5, 0.6) is 0 Å². The fourth-order valence-electron chi connectivity index (χ4n) is 2.29. The fraction of sp³-hybridized carbons (Fsp3) is 0.545. The van der Waals surface area contributed by atoms with Crippen molar-refractivity contribution >= 4 is 5.97 Å². The second-order valence-electron chi connectivity index (χ2n) is 3.85. The summed E-state index contributed by atoms with van der Waals surface area (Å²) in [4.78, 5) is 11.6. The second kappa shape index (κ2) is 3.70. The van der Waals surface area contributed by atoms with E-state index in [1.54, 1.807) is 0 Å².